The Morgan fingerprint density at radius 3 is 2.75 bits per heavy atom. The summed E-state index contributed by atoms with van der Waals surface area (Å²) in [5.41, 5.74) is 8.34. The van der Waals surface area contributed by atoms with Crippen LogP contribution in [0.2, 0.25) is 0 Å². The molecule has 2 heteroatoms. The van der Waals surface area contributed by atoms with E-state index in [-0.39, 0.29) is 0 Å². The molecule has 0 bridgehead atoms. The molecule has 0 amide bonds. The first-order chi connectivity index (χ1) is 7.83. The second-order valence-corrected chi connectivity index (χ2v) is 4.58. The van der Waals surface area contributed by atoms with Gasteiger partial charge in [-0.2, -0.15) is 0 Å². The van der Waals surface area contributed by atoms with E-state index < -0.39 is 0 Å². The molecular formula is C14H21NO. The van der Waals surface area contributed by atoms with Crippen molar-refractivity contribution in [2.75, 3.05) is 13.2 Å². The second kappa shape index (κ2) is 5.35. The molecule has 0 saturated heterocycles. The highest BCUT2D eigenvalue weighted by atomic mass is 16.5. The van der Waals surface area contributed by atoms with E-state index in [1.54, 1.807) is 0 Å². The van der Waals surface area contributed by atoms with Gasteiger partial charge in [0.25, 0.3) is 0 Å². The van der Waals surface area contributed by atoms with Gasteiger partial charge < -0.3 is 10.5 Å². The fourth-order valence-electron chi connectivity index (χ4n) is 1.92. The lowest BCUT2D eigenvalue weighted by Gasteiger charge is -2.10. The summed E-state index contributed by atoms with van der Waals surface area (Å²) in [6.45, 7) is 3.79. The molecule has 1 saturated carbocycles. The molecule has 88 valence electrons. The summed E-state index contributed by atoms with van der Waals surface area (Å²) in [6.07, 6.45) is 4.69. The van der Waals surface area contributed by atoms with Crippen LogP contribution in [0.1, 0.15) is 30.9 Å². The van der Waals surface area contributed by atoms with Crippen molar-refractivity contribution in [2.24, 2.45) is 11.7 Å². The van der Waals surface area contributed by atoms with Gasteiger partial charge in [-0.1, -0.05) is 13.0 Å². The number of aryl methyl sites for hydroxylation is 1. The van der Waals surface area contributed by atoms with Crippen molar-refractivity contribution < 1.29 is 4.74 Å². The maximum Gasteiger partial charge on any atom is 0.119 e. The van der Waals surface area contributed by atoms with Crippen LogP contribution in [-0.2, 0) is 12.8 Å². The van der Waals surface area contributed by atoms with E-state index in [2.05, 4.69) is 25.1 Å². The molecule has 0 aromatic heterocycles. The van der Waals surface area contributed by atoms with E-state index in [0.29, 0.717) is 0 Å². The molecule has 1 fully saturated rings. The maximum absolute atomic E-state index is 5.77. The fraction of sp³-hybridized carbons (Fsp3) is 0.571. The van der Waals surface area contributed by atoms with E-state index in [1.807, 2.05) is 0 Å². The topological polar surface area (TPSA) is 35.2 Å². The monoisotopic (exact) mass is 219 g/mol. The Morgan fingerprint density at radius 2 is 2.12 bits per heavy atom. The van der Waals surface area contributed by atoms with Crippen molar-refractivity contribution in [3.8, 4) is 5.75 Å². The SMILES string of the molecule is CCc1cc(OCC2CC2)ccc1CCN. The third-order valence-corrected chi connectivity index (χ3v) is 3.15. The minimum Gasteiger partial charge on any atom is -0.493 e. The molecule has 0 heterocycles. The van der Waals surface area contributed by atoms with Crippen LogP contribution in [-0.4, -0.2) is 13.2 Å². The fourth-order valence-corrected chi connectivity index (χ4v) is 1.92. The number of benzene rings is 1. The van der Waals surface area contributed by atoms with Gasteiger partial charge in [0.15, 0.2) is 0 Å². The average molecular weight is 219 g/mol. The first kappa shape index (κ1) is 11.5. The zero-order chi connectivity index (χ0) is 11.4. The van der Waals surface area contributed by atoms with Crippen molar-refractivity contribution in [1.82, 2.24) is 0 Å². The summed E-state index contributed by atoms with van der Waals surface area (Å²) in [5, 5.41) is 0. The molecule has 0 aliphatic heterocycles. The van der Waals surface area contributed by atoms with Gasteiger partial charge in [0, 0.05) is 0 Å². The van der Waals surface area contributed by atoms with Gasteiger partial charge >= 0.3 is 0 Å². The zero-order valence-corrected chi connectivity index (χ0v) is 10.0. The zero-order valence-electron chi connectivity index (χ0n) is 10.0. The predicted molar refractivity (Wildman–Crippen MR) is 66.8 cm³/mol. The first-order valence-electron chi connectivity index (χ1n) is 6.28. The van der Waals surface area contributed by atoms with Gasteiger partial charge in [0.1, 0.15) is 5.75 Å². The Hall–Kier alpha value is -1.02. The largest absolute Gasteiger partial charge is 0.493 e. The van der Waals surface area contributed by atoms with E-state index in [0.717, 1.165) is 37.7 Å². The van der Waals surface area contributed by atoms with Crippen LogP contribution < -0.4 is 10.5 Å². The standard InChI is InChI=1S/C14H21NO/c1-2-12-9-14(16-10-11-3-4-11)6-5-13(12)7-8-15/h5-6,9,11H,2-4,7-8,10,15H2,1H3. The minimum absolute atomic E-state index is 0.718. The summed E-state index contributed by atoms with van der Waals surface area (Å²) in [5.74, 6) is 1.83. The maximum atomic E-state index is 5.77. The average Bonchev–Trinajstić information content (AvgIpc) is 3.12. The van der Waals surface area contributed by atoms with Crippen LogP contribution in [0.3, 0.4) is 0 Å². The third kappa shape index (κ3) is 2.99. The smallest absolute Gasteiger partial charge is 0.119 e. The van der Waals surface area contributed by atoms with Crippen molar-refractivity contribution in [3.63, 3.8) is 0 Å². The lowest BCUT2D eigenvalue weighted by molar-refractivity contribution is 0.299. The van der Waals surface area contributed by atoms with Crippen molar-refractivity contribution >= 4 is 0 Å². The number of ether oxygens (including phenoxy) is 1. The summed E-state index contributed by atoms with van der Waals surface area (Å²) >= 11 is 0. The number of hydrogen-bond donors (Lipinski definition) is 1. The molecule has 16 heavy (non-hydrogen) atoms. The number of nitrogens with two attached hydrogens (primary N) is 1. The van der Waals surface area contributed by atoms with E-state index >= 15 is 0 Å². The molecule has 2 rings (SSSR count). The van der Waals surface area contributed by atoms with E-state index in [4.69, 9.17) is 10.5 Å². The highest BCUT2D eigenvalue weighted by Gasteiger charge is 2.21. The molecular weight excluding hydrogens is 198 g/mol. The molecule has 0 unspecified atom stereocenters. The highest BCUT2D eigenvalue weighted by Crippen LogP contribution is 2.30. The van der Waals surface area contributed by atoms with Crippen molar-refractivity contribution in [1.29, 1.82) is 0 Å². The Morgan fingerprint density at radius 1 is 1.31 bits per heavy atom. The summed E-state index contributed by atoms with van der Waals surface area (Å²) in [7, 11) is 0. The summed E-state index contributed by atoms with van der Waals surface area (Å²) < 4.78 is 5.77. The van der Waals surface area contributed by atoms with Gasteiger partial charge in [-0.15, -0.1) is 0 Å². The van der Waals surface area contributed by atoms with Crippen molar-refractivity contribution in [2.45, 2.75) is 32.6 Å². The lowest BCUT2D eigenvalue weighted by Crippen LogP contribution is -2.06. The van der Waals surface area contributed by atoms with Gasteiger partial charge in [-0.3, -0.25) is 0 Å². The van der Waals surface area contributed by atoms with Crippen LogP contribution >= 0.6 is 0 Å². The third-order valence-electron chi connectivity index (χ3n) is 3.15. The Labute approximate surface area is 97.8 Å². The Bertz CT molecular complexity index is 345. The molecule has 0 atom stereocenters. The van der Waals surface area contributed by atoms with Crippen LogP contribution in [0.5, 0.6) is 5.75 Å². The highest BCUT2D eigenvalue weighted by molar-refractivity contribution is 5.36. The lowest BCUT2D eigenvalue weighted by atomic mass is 10.0. The first-order valence-corrected chi connectivity index (χ1v) is 6.28. The van der Waals surface area contributed by atoms with Gasteiger partial charge in [-0.25, -0.2) is 0 Å². The molecule has 1 aromatic carbocycles. The van der Waals surface area contributed by atoms with Crippen molar-refractivity contribution in [3.05, 3.63) is 29.3 Å². The number of hydrogen-bond acceptors (Lipinski definition) is 2. The molecule has 1 aliphatic carbocycles. The predicted octanol–water partition coefficient (Wildman–Crippen LogP) is 2.54. The van der Waals surface area contributed by atoms with Crippen LogP contribution in [0, 0.1) is 5.92 Å². The van der Waals surface area contributed by atoms with Crippen LogP contribution in [0.4, 0.5) is 0 Å². The van der Waals surface area contributed by atoms with Crippen LogP contribution in [0.15, 0.2) is 18.2 Å². The molecule has 1 aromatic rings. The molecule has 0 radical (unpaired) electrons. The normalized spacial score (nSPS) is 15.1. The summed E-state index contributed by atoms with van der Waals surface area (Å²) in [6, 6.07) is 6.41. The Balaban J connectivity index is 2.02. The van der Waals surface area contributed by atoms with Crippen LogP contribution in [0.25, 0.3) is 0 Å². The van der Waals surface area contributed by atoms with E-state index in [1.165, 1.54) is 24.0 Å². The summed E-state index contributed by atoms with van der Waals surface area (Å²) in [4.78, 5) is 0. The quantitative estimate of drug-likeness (QED) is 0.798. The van der Waals surface area contributed by atoms with Gasteiger partial charge in [0.2, 0.25) is 0 Å². The molecule has 0 spiro atoms. The molecule has 2 N–H and O–H groups in total. The molecule has 1 aliphatic rings. The second-order valence-electron chi connectivity index (χ2n) is 4.58. The van der Waals surface area contributed by atoms with E-state index in [9.17, 15) is 0 Å². The molecule has 2 nitrogen and oxygen atoms in total. The number of rotatable bonds is 6. The Kier molecular flexibility index (Phi) is 3.83. The van der Waals surface area contributed by atoms with Gasteiger partial charge in [0.05, 0.1) is 6.61 Å². The van der Waals surface area contributed by atoms with Gasteiger partial charge in [-0.05, 0) is 61.4 Å². The minimum atomic E-state index is 0.718.